The van der Waals surface area contributed by atoms with Gasteiger partial charge >= 0.3 is 0 Å². The third kappa shape index (κ3) is 3.18. The van der Waals surface area contributed by atoms with Crippen LogP contribution in [0.4, 0.5) is 5.82 Å². The SMILES string of the molecule is CNc1cnc(C(=O)N2CCCC2(C)Cc2ccccc2)cn1. The third-order valence-corrected chi connectivity index (χ3v) is 4.55. The van der Waals surface area contributed by atoms with E-state index in [9.17, 15) is 4.79 Å². The van der Waals surface area contributed by atoms with Crippen molar-refractivity contribution in [2.45, 2.75) is 31.7 Å². The molecule has 2 aromatic rings. The molecular formula is C18H22N4O. The summed E-state index contributed by atoms with van der Waals surface area (Å²) in [6.45, 7) is 2.94. The lowest BCUT2D eigenvalue weighted by Gasteiger charge is -2.35. The van der Waals surface area contributed by atoms with Crippen LogP contribution < -0.4 is 5.32 Å². The lowest BCUT2D eigenvalue weighted by molar-refractivity contribution is 0.0618. The maximum absolute atomic E-state index is 12.9. The van der Waals surface area contributed by atoms with Gasteiger partial charge in [-0.1, -0.05) is 30.3 Å². The number of likely N-dealkylation sites (tertiary alicyclic amines) is 1. The van der Waals surface area contributed by atoms with E-state index >= 15 is 0 Å². The summed E-state index contributed by atoms with van der Waals surface area (Å²) in [7, 11) is 1.78. The molecule has 23 heavy (non-hydrogen) atoms. The summed E-state index contributed by atoms with van der Waals surface area (Å²) in [6.07, 6.45) is 6.04. The van der Waals surface area contributed by atoms with Crippen LogP contribution in [0.5, 0.6) is 0 Å². The molecule has 0 bridgehead atoms. The molecule has 1 amide bonds. The summed E-state index contributed by atoms with van der Waals surface area (Å²) in [6, 6.07) is 10.3. The van der Waals surface area contributed by atoms with E-state index in [-0.39, 0.29) is 11.4 Å². The van der Waals surface area contributed by atoms with Crippen LogP contribution in [0.3, 0.4) is 0 Å². The Labute approximate surface area is 136 Å². The van der Waals surface area contributed by atoms with Crippen molar-refractivity contribution in [2.24, 2.45) is 0 Å². The van der Waals surface area contributed by atoms with Crippen LogP contribution in [0.15, 0.2) is 42.7 Å². The Kier molecular flexibility index (Phi) is 4.28. The van der Waals surface area contributed by atoms with Crippen molar-refractivity contribution in [1.29, 1.82) is 0 Å². The summed E-state index contributed by atoms with van der Waals surface area (Å²) in [5.41, 5.74) is 1.50. The standard InChI is InChI=1S/C18H22N4O/c1-18(11-14-7-4-3-5-8-14)9-6-10-22(18)17(23)15-12-21-16(19-2)13-20-15/h3-5,7-8,12-13H,6,9-11H2,1-2H3,(H,19,21). The Morgan fingerprint density at radius 2 is 2.04 bits per heavy atom. The largest absolute Gasteiger partial charge is 0.372 e. The highest BCUT2D eigenvalue weighted by Crippen LogP contribution is 2.33. The summed E-state index contributed by atoms with van der Waals surface area (Å²) < 4.78 is 0. The molecular weight excluding hydrogens is 288 g/mol. The molecule has 120 valence electrons. The lowest BCUT2D eigenvalue weighted by Crippen LogP contribution is -2.46. The Balaban J connectivity index is 1.80. The predicted octanol–water partition coefficient (Wildman–Crippen LogP) is 2.76. The molecule has 0 spiro atoms. The maximum Gasteiger partial charge on any atom is 0.274 e. The second-order valence-corrected chi connectivity index (χ2v) is 6.26. The van der Waals surface area contributed by atoms with Gasteiger partial charge in [-0.05, 0) is 31.7 Å². The van der Waals surface area contributed by atoms with Crippen LogP contribution in [0.1, 0.15) is 35.8 Å². The quantitative estimate of drug-likeness (QED) is 0.943. The molecule has 0 aliphatic carbocycles. The van der Waals surface area contributed by atoms with Crippen LogP contribution >= 0.6 is 0 Å². The average Bonchev–Trinajstić information content (AvgIpc) is 2.96. The number of aromatic nitrogens is 2. The summed E-state index contributed by atoms with van der Waals surface area (Å²) in [5, 5.41) is 2.91. The van der Waals surface area contributed by atoms with Gasteiger partial charge in [-0.15, -0.1) is 0 Å². The fraction of sp³-hybridized carbons (Fsp3) is 0.389. The number of nitrogens with zero attached hydrogens (tertiary/aromatic N) is 3. The summed E-state index contributed by atoms with van der Waals surface area (Å²) >= 11 is 0. The number of anilines is 1. The highest BCUT2D eigenvalue weighted by molar-refractivity contribution is 5.92. The summed E-state index contributed by atoms with van der Waals surface area (Å²) in [5.74, 6) is 0.631. The van der Waals surface area contributed by atoms with E-state index in [0.717, 1.165) is 25.8 Å². The van der Waals surface area contributed by atoms with E-state index in [1.54, 1.807) is 19.4 Å². The van der Waals surface area contributed by atoms with Gasteiger partial charge in [0.1, 0.15) is 11.5 Å². The number of hydrogen-bond acceptors (Lipinski definition) is 4. The molecule has 0 saturated carbocycles. The summed E-state index contributed by atoms with van der Waals surface area (Å²) in [4.78, 5) is 23.3. The number of rotatable bonds is 4. The van der Waals surface area contributed by atoms with Crippen molar-refractivity contribution in [3.05, 3.63) is 54.0 Å². The van der Waals surface area contributed by atoms with Gasteiger partial charge in [-0.3, -0.25) is 4.79 Å². The Morgan fingerprint density at radius 1 is 1.26 bits per heavy atom. The molecule has 1 aliphatic rings. The lowest BCUT2D eigenvalue weighted by atomic mass is 9.90. The predicted molar refractivity (Wildman–Crippen MR) is 90.4 cm³/mol. The molecule has 1 unspecified atom stereocenters. The molecule has 5 nitrogen and oxygen atoms in total. The molecule has 1 aromatic heterocycles. The molecule has 2 heterocycles. The van der Waals surface area contributed by atoms with Gasteiger partial charge in [0.05, 0.1) is 12.4 Å². The van der Waals surface area contributed by atoms with Gasteiger partial charge in [0.15, 0.2) is 0 Å². The molecule has 0 radical (unpaired) electrons. The van der Waals surface area contributed by atoms with E-state index in [1.807, 2.05) is 23.1 Å². The zero-order valence-electron chi connectivity index (χ0n) is 13.6. The second-order valence-electron chi connectivity index (χ2n) is 6.26. The number of hydrogen-bond donors (Lipinski definition) is 1. The van der Waals surface area contributed by atoms with E-state index in [0.29, 0.717) is 11.5 Å². The van der Waals surface area contributed by atoms with Gasteiger partial charge in [-0.2, -0.15) is 0 Å². The van der Waals surface area contributed by atoms with E-state index in [1.165, 1.54) is 5.56 Å². The zero-order valence-corrected chi connectivity index (χ0v) is 13.6. The minimum atomic E-state index is -0.165. The smallest absolute Gasteiger partial charge is 0.274 e. The number of amides is 1. The van der Waals surface area contributed by atoms with Crippen LogP contribution in [0.2, 0.25) is 0 Å². The van der Waals surface area contributed by atoms with Gasteiger partial charge in [-0.25, -0.2) is 9.97 Å². The van der Waals surface area contributed by atoms with E-state index < -0.39 is 0 Å². The molecule has 1 N–H and O–H groups in total. The van der Waals surface area contributed by atoms with E-state index in [4.69, 9.17) is 0 Å². The topological polar surface area (TPSA) is 58.1 Å². The van der Waals surface area contributed by atoms with Crippen molar-refractivity contribution in [3.63, 3.8) is 0 Å². The van der Waals surface area contributed by atoms with Crippen molar-refractivity contribution < 1.29 is 4.79 Å². The van der Waals surface area contributed by atoms with Crippen molar-refractivity contribution in [3.8, 4) is 0 Å². The Hall–Kier alpha value is -2.43. The Morgan fingerprint density at radius 3 is 2.70 bits per heavy atom. The van der Waals surface area contributed by atoms with Crippen LogP contribution in [0.25, 0.3) is 0 Å². The van der Waals surface area contributed by atoms with Crippen molar-refractivity contribution in [2.75, 3.05) is 18.9 Å². The van der Waals surface area contributed by atoms with E-state index in [2.05, 4.69) is 34.3 Å². The van der Waals surface area contributed by atoms with Crippen molar-refractivity contribution >= 4 is 11.7 Å². The molecule has 3 rings (SSSR count). The number of benzene rings is 1. The normalized spacial score (nSPS) is 20.5. The van der Waals surface area contributed by atoms with Gasteiger partial charge in [0.2, 0.25) is 0 Å². The van der Waals surface area contributed by atoms with Crippen molar-refractivity contribution in [1.82, 2.24) is 14.9 Å². The zero-order chi connectivity index (χ0) is 16.3. The van der Waals surface area contributed by atoms with Crippen LogP contribution in [0, 0.1) is 0 Å². The van der Waals surface area contributed by atoms with Crippen LogP contribution in [-0.2, 0) is 6.42 Å². The first-order valence-electron chi connectivity index (χ1n) is 7.98. The van der Waals surface area contributed by atoms with Gasteiger partial charge in [0.25, 0.3) is 5.91 Å². The first-order chi connectivity index (χ1) is 11.1. The molecule has 1 aromatic carbocycles. The van der Waals surface area contributed by atoms with Gasteiger partial charge in [0, 0.05) is 19.1 Å². The molecule has 5 heteroatoms. The highest BCUT2D eigenvalue weighted by Gasteiger charge is 2.40. The second kappa shape index (κ2) is 6.36. The fourth-order valence-electron chi connectivity index (χ4n) is 3.29. The monoisotopic (exact) mass is 310 g/mol. The number of nitrogens with one attached hydrogen (secondary N) is 1. The fourth-order valence-corrected chi connectivity index (χ4v) is 3.29. The number of carbonyl (C=O) groups excluding carboxylic acids is 1. The molecule has 1 fully saturated rings. The minimum absolute atomic E-state index is 0.0314. The average molecular weight is 310 g/mol. The first kappa shape index (κ1) is 15.5. The molecule has 1 aliphatic heterocycles. The third-order valence-electron chi connectivity index (χ3n) is 4.55. The minimum Gasteiger partial charge on any atom is -0.372 e. The Bertz CT molecular complexity index is 671. The molecule has 1 atom stereocenters. The molecule has 1 saturated heterocycles. The number of carbonyl (C=O) groups is 1. The highest BCUT2D eigenvalue weighted by atomic mass is 16.2. The maximum atomic E-state index is 12.9. The van der Waals surface area contributed by atoms with Gasteiger partial charge < -0.3 is 10.2 Å². The first-order valence-corrected chi connectivity index (χ1v) is 7.98. The van der Waals surface area contributed by atoms with Crippen LogP contribution in [-0.4, -0.2) is 39.9 Å².